The Morgan fingerprint density at radius 3 is 2.25 bits per heavy atom. The Kier molecular flexibility index (Phi) is 12.9. The first-order chi connectivity index (χ1) is 3.27. The third-order valence-corrected chi connectivity index (χ3v) is 1.41. The first-order valence-electron chi connectivity index (χ1n) is 1.94. The minimum Gasteiger partial charge on any atom is -0.772 e. The first kappa shape index (κ1) is 12.2. The summed E-state index contributed by atoms with van der Waals surface area (Å²) in [4.78, 5) is 0. The third-order valence-electron chi connectivity index (χ3n) is 0.469. The summed E-state index contributed by atoms with van der Waals surface area (Å²) in [6, 6.07) is 0. The smallest absolute Gasteiger partial charge is 0.772 e. The van der Waals surface area contributed by atoms with E-state index in [2.05, 4.69) is 12.6 Å². The van der Waals surface area contributed by atoms with Gasteiger partial charge in [-0.15, -0.1) is 0 Å². The van der Waals surface area contributed by atoms with Crippen LogP contribution < -0.4 is 29.6 Å². The molecule has 1 atom stereocenters. The Morgan fingerprint density at radius 1 is 1.62 bits per heavy atom. The van der Waals surface area contributed by atoms with Crippen molar-refractivity contribution in [2.75, 3.05) is 11.5 Å². The van der Waals surface area contributed by atoms with Crippen LogP contribution in [0.3, 0.4) is 0 Å². The molecule has 0 aromatic heterocycles. The predicted molar refractivity (Wildman–Crippen MR) is 32.3 cm³/mol. The predicted octanol–water partition coefficient (Wildman–Crippen LogP) is -2.81. The largest absolute Gasteiger partial charge is 1.00 e. The zero-order valence-corrected chi connectivity index (χ0v) is 8.50. The van der Waals surface area contributed by atoms with Gasteiger partial charge in [0.1, 0.15) is 0 Å². The van der Waals surface area contributed by atoms with E-state index in [1.165, 1.54) is 0 Å². The molecule has 0 aliphatic heterocycles. The number of thiol groups is 1. The molecule has 1 unspecified atom stereocenters. The van der Waals surface area contributed by atoms with Crippen LogP contribution in [-0.2, 0) is 11.1 Å². The molecule has 5 heteroatoms. The van der Waals surface area contributed by atoms with Crippen molar-refractivity contribution in [3.05, 3.63) is 0 Å². The first-order valence-corrected chi connectivity index (χ1v) is 3.81. The Balaban J connectivity index is 0. The quantitative estimate of drug-likeness (QED) is 0.276. The van der Waals surface area contributed by atoms with Gasteiger partial charge in [-0.2, -0.15) is 12.6 Å². The number of hydrogen-bond acceptors (Lipinski definition) is 3. The minimum absolute atomic E-state index is 0. The van der Waals surface area contributed by atoms with Crippen molar-refractivity contribution < 1.29 is 38.3 Å². The second-order valence-corrected chi connectivity index (χ2v) is 2.55. The van der Waals surface area contributed by atoms with Gasteiger partial charge in [0.2, 0.25) is 0 Å². The SMILES string of the molecule is O=S([O-])CCCS.[Na+]. The molecule has 44 valence electrons. The van der Waals surface area contributed by atoms with Crippen LogP contribution in [0, 0.1) is 0 Å². The molecule has 0 spiro atoms. The molecule has 0 aromatic carbocycles. The number of rotatable bonds is 3. The number of hydrogen-bond donors (Lipinski definition) is 1. The van der Waals surface area contributed by atoms with Crippen molar-refractivity contribution in [1.82, 2.24) is 0 Å². The Labute approximate surface area is 79.4 Å². The van der Waals surface area contributed by atoms with E-state index in [-0.39, 0.29) is 35.3 Å². The second-order valence-electron chi connectivity index (χ2n) is 1.09. The van der Waals surface area contributed by atoms with Crippen molar-refractivity contribution in [2.24, 2.45) is 0 Å². The van der Waals surface area contributed by atoms with E-state index in [4.69, 9.17) is 0 Å². The van der Waals surface area contributed by atoms with Crippen molar-refractivity contribution in [2.45, 2.75) is 6.42 Å². The van der Waals surface area contributed by atoms with Crippen molar-refractivity contribution >= 4 is 23.7 Å². The van der Waals surface area contributed by atoms with Crippen molar-refractivity contribution in [1.29, 1.82) is 0 Å². The van der Waals surface area contributed by atoms with Crippen LogP contribution in [0.1, 0.15) is 6.42 Å². The summed E-state index contributed by atoms with van der Waals surface area (Å²) >= 11 is 1.96. The molecular formula is C3H7NaO2S2. The average molecular weight is 162 g/mol. The van der Waals surface area contributed by atoms with Gasteiger partial charge in [-0.05, 0) is 12.2 Å². The summed E-state index contributed by atoms with van der Waals surface area (Å²) in [5.74, 6) is 0.886. The van der Waals surface area contributed by atoms with Gasteiger partial charge in [0, 0.05) is 5.75 Å². The molecule has 0 heterocycles. The summed E-state index contributed by atoms with van der Waals surface area (Å²) in [5, 5.41) is 0. The van der Waals surface area contributed by atoms with E-state index in [0.29, 0.717) is 12.2 Å². The van der Waals surface area contributed by atoms with Crippen LogP contribution in [0.2, 0.25) is 0 Å². The average Bonchev–Trinajstić information content (AvgIpc) is 1.61. The molecule has 0 saturated heterocycles. The molecular weight excluding hydrogens is 155 g/mol. The fraction of sp³-hybridized carbons (Fsp3) is 1.00. The monoisotopic (exact) mass is 162 g/mol. The molecule has 8 heavy (non-hydrogen) atoms. The van der Waals surface area contributed by atoms with Gasteiger partial charge in [-0.1, -0.05) is 11.1 Å². The summed E-state index contributed by atoms with van der Waals surface area (Å²) in [6.07, 6.45) is 0.652. The van der Waals surface area contributed by atoms with Crippen LogP contribution in [0.25, 0.3) is 0 Å². The van der Waals surface area contributed by atoms with E-state index in [0.717, 1.165) is 0 Å². The normalized spacial score (nSPS) is 12.2. The molecule has 0 radical (unpaired) electrons. The fourth-order valence-corrected chi connectivity index (χ4v) is 0.935. The van der Waals surface area contributed by atoms with Crippen LogP contribution in [0.4, 0.5) is 0 Å². The van der Waals surface area contributed by atoms with Gasteiger partial charge >= 0.3 is 29.6 Å². The summed E-state index contributed by atoms with van der Waals surface area (Å²) in [7, 11) is 0. The second kappa shape index (κ2) is 8.46. The molecule has 0 aliphatic rings. The molecule has 0 amide bonds. The van der Waals surface area contributed by atoms with Crippen LogP contribution >= 0.6 is 12.6 Å². The van der Waals surface area contributed by atoms with Gasteiger partial charge in [0.25, 0.3) is 0 Å². The van der Waals surface area contributed by atoms with Crippen LogP contribution in [0.5, 0.6) is 0 Å². The van der Waals surface area contributed by atoms with E-state index < -0.39 is 11.1 Å². The van der Waals surface area contributed by atoms with E-state index in [9.17, 15) is 8.76 Å². The molecule has 0 rings (SSSR count). The maximum absolute atomic E-state index is 9.72. The zero-order chi connectivity index (χ0) is 5.70. The molecule has 0 aliphatic carbocycles. The molecule has 0 bridgehead atoms. The van der Waals surface area contributed by atoms with Crippen molar-refractivity contribution in [3.8, 4) is 0 Å². The summed E-state index contributed by atoms with van der Waals surface area (Å²) in [6.45, 7) is 0. The van der Waals surface area contributed by atoms with E-state index in [1.54, 1.807) is 0 Å². The summed E-state index contributed by atoms with van der Waals surface area (Å²) < 4.78 is 19.4. The Bertz CT molecular complexity index is 68.3. The Hall–Kier alpha value is 1.46. The van der Waals surface area contributed by atoms with Crippen LogP contribution in [0.15, 0.2) is 0 Å². The summed E-state index contributed by atoms with van der Waals surface area (Å²) in [5.41, 5.74) is 0. The van der Waals surface area contributed by atoms with Gasteiger partial charge < -0.3 is 4.55 Å². The molecule has 2 nitrogen and oxygen atoms in total. The van der Waals surface area contributed by atoms with Gasteiger partial charge in [-0.25, -0.2) is 0 Å². The van der Waals surface area contributed by atoms with Gasteiger partial charge in [0.05, 0.1) is 0 Å². The maximum Gasteiger partial charge on any atom is 1.00 e. The van der Waals surface area contributed by atoms with Gasteiger partial charge in [0.15, 0.2) is 0 Å². The molecule has 0 N–H and O–H groups in total. The third kappa shape index (κ3) is 10.4. The molecule has 0 saturated carbocycles. The zero-order valence-electron chi connectivity index (χ0n) is 4.79. The van der Waals surface area contributed by atoms with E-state index >= 15 is 0 Å². The van der Waals surface area contributed by atoms with Crippen LogP contribution in [-0.4, -0.2) is 20.3 Å². The minimum atomic E-state index is -1.86. The molecule has 0 fully saturated rings. The maximum atomic E-state index is 9.72. The topological polar surface area (TPSA) is 40.1 Å². The van der Waals surface area contributed by atoms with E-state index in [1.807, 2.05) is 0 Å². The van der Waals surface area contributed by atoms with Crippen molar-refractivity contribution in [3.63, 3.8) is 0 Å². The Morgan fingerprint density at radius 2 is 2.12 bits per heavy atom. The standard InChI is InChI=1S/C3H8O2S2.Na/c4-7(5)3-1-2-6;/h6H,1-3H2,(H,4,5);/q;+1/p-1. The fourth-order valence-electron chi connectivity index (χ4n) is 0.182. The van der Waals surface area contributed by atoms with Gasteiger partial charge in [-0.3, -0.25) is 4.21 Å². The molecule has 0 aromatic rings.